The Kier molecular flexibility index (Phi) is 4.29. The van der Waals surface area contributed by atoms with Gasteiger partial charge in [0.05, 0.1) is 12.7 Å². The molecule has 1 aliphatic rings. The molecule has 1 N–H and O–H groups in total. The summed E-state index contributed by atoms with van der Waals surface area (Å²) < 4.78 is 7.30. The minimum atomic E-state index is 0.119. The summed E-state index contributed by atoms with van der Waals surface area (Å²) in [6, 6.07) is 7.00. The predicted molar refractivity (Wildman–Crippen MR) is 85.7 cm³/mol. The molecule has 0 atom stereocenters. The monoisotopic (exact) mass is 310 g/mol. The van der Waals surface area contributed by atoms with Gasteiger partial charge in [-0.15, -0.1) is 10.2 Å². The number of phenols is 1. The van der Waals surface area contributed by atoms with Crippen LogP contribution < -0.4 is 4.74 Å². The van der Waals surface area contributed by atoms with Crippen molar-refractivity contribution in [1.82, 2.24) is 14.8 Å². The van der Waals surface area contributed by atoms with Gasteiger partial charge in [0.15, 0.2) is 5.82 Å². The van der Waals surface area contributed by atoms with Gasteiger partial charge >= 0.3 is 0 Å². The first-order valence-corrected chi connectivity index (χ1v) is 7.64. The molecular weight excluding hydrogens is 292 g/mol. The second-order valence-corrected chi connectivity index (χ2v) is 5.50. The molecule has 0 aliphatic carbocycles. The smallest absolute Gasteiger partial charge is 0.174 e. The largest absolute Gasteiger partial charge is 0.508 e. The fraction of sp³-hybridized carbons (Fsp3) is 0.353. The van der Waals surface area contributed by atoms with Crippen LogP contribution in [0.1, 0.15) is 36.5 Å². The van der Waals surface area contributed by atoms with Gasteiger partial charge in [-0.05, 0) is 31.1 Å². The van der Waals surface area contributed by atoms with Crippen molar-refractivity contribution in [2.24, 2.45) is 0 Å². The SMILES string of the molecule is COc1cc(O)ccc1/C=C(\C#N)c1nnc2n1CCCCC2. The number of allylic oxidation sites excluding steroid dienone is 1. The maximum Gasteiger partial charge on any atom is 0.174 e. The van der Waals surface area contributed by atoms with E-state index in [-0.39, 0.29) is 5.75 Å². The van der Waals surface area contributed by atoms with Crippen LogP contribution in [0, 0.1) is 11.3 Å². The van der Waals surface area contributed by atoms with Gasteiger partial charge in [-0.2, -0.15) is 5.26 Å². The van der Waals surface area contributed by atoms with Gasteiger partial charge in [-0.3, -0.25) is 0 Å². The number of hydrogen-bond acceptors (Lipinski definition) is 5. The Labute approximate surface area is 134 Å². The number of aryl methyl sites for hydroxylation is 1. The highest BCUT2D eigenvalue weighted by Gasteiger charge is 2.18. The number of ether oxygens (including phenoxy) is 1. The van der Waals surface area contributed by atoms with E-state index in [0.29, 0.717) is 22.7 Å². The van der Waals surface area contributed by atoms with Crippen molar-refractivity contribution < 1.29 is 9.84 Å². The number of benzene rings is 1. The van der Waals surface area contributed by atoms with Gasteiger partial charge in [0.25, 0.3) is 0 Å². The zero-order valence-electron chi connectivity index (χ0n) is 13.0. The summed E-state index contributed by atoms with van der Waals surface area (Å²) in [7, 11) is 1.53. The van der Waals surface area contributed by atoms with E-state index in [1.165, 1.54) is 19.6 Å². The van der Waals surface area contributed by atoms with Crippen molar-refractivity contribution in [3.8, 4) is 17.6 Å². The summed E-state index contributed by atoms with van der Waals surface area (Å²) in [5.74, 6) is 2.16. The van der Waals surface area contributed by atoms with Crippen LogP contribution >= 0.6 is 0 Å². The van der Waals surface area contributed by atoms with Gasteiger partial charge in [0.1, 0.15) is 23.4 Å². The number of aromatic hydroxyl groups is 1. The molecule has 0 radical (unpaired) electrons. The number of nitriles is 1. The summed E-state index contributed by atoms with van der Waals surface area (Å²) in [5.41, 5.74) is 1.16. The van der Waals surface area contributed by atoms with E-state index < -0.39 is 0 Å². The second-order valence-electron chi connectivity index (χ2n) is 5.50. The van der Waals surface area contributed by atoms with Crippen LogP contribution in [0.4, 0.5) is 0 Å². The Balaban J connectivity index is 2.04. The standard InChI is InChI=1S/C17H18N4O2/c1-23-15-10-14(22)7-6-12(15)9-13(11-18)17-20-19-16-5-3-2-4-8-21(16)17/h6-7,9-10,22H,2-5,8H2,1H3/b13-9+. The highest BCUT2D eigenvalue weighted by molar-refractivity contribution is 5.88. The third kappa shape index (κ3) is 3.04. The minimum absolute atomic E-state index is 0.119. The summed E-state index contributed by atoms with van der Waals surface area (Å²) >= 11 is 0. The number of fused-ring (bicyclic) bond motifs is 1. The first-order chi connectivity index (χ1) is 11.2. The number of methoxy groups -OCH3 is 1. The molecule has 2 heterocycles. The van der Waals surface area contributed by atoms with Crippen LogP contribution in [-0.4, -0.2) is 27.0 Å². The molecule has 1 aromatic heterocycles. The Morgan fingerprint density at radius 3 is 3.00 bits per heavy atom. The van der Waals surface area contributed by atoms with E-state index in [4.69, 9.17) is 4.74 Å². The molecule has 0 bridgehead atoms. The number of nitrogens with zero attached hydrogens (tertiary/aromatic N) is 4. The first kappa shape index (κ1) is 15.1. The Morgan fingerprint density at radius 1 is 1.35 bits per heavy atom. The Morgan fingerprint density at radius 2 is 2.22 bits per heavy atom. The van der Waals surface area contributed by atoms with Crippen LogP contribution in [0.2, 0.25) is 0 Å². The Hall–Kier alpha value is -2.81. The van der Waals surface area contributed by atoms with Gasteiger partial charge < -0.3 is 14.4 Å². The molecule has 0 fully saturated rings. The Bertz CT molecular complexity index is 786. The van der Waals surface area contributed by atoms with Crippen molar-refractivity contribution in [1.29, 1.82) is 5.26 Å². The molecule has 0 amide bonds. The van der Waals surface area contributed by atoms with Crippen LogP contribution in [0.25, 0.3) is 11.6 Å². The number of aromatic nitrogens is 3. The van der Waals surface area contributed by atoms with Crippen molar-refractivity contribution >= 4 is 11.6 Å². The zero-order valence-corrected chi connectivity index (χ0v) is 13.0. The highest BCUT2D eigenvalue weighted by atomic mass is 16.5. The maximum atomic E-state index is 9.56. The molecule has 6 heteroatoms. The molecule has 0 spiro atoms. The lowest BCUT2D eigenvalue weighted by Gasteiger charge is -2.08. The highest BCUT2D eigenvalue weighted by Crippen LogP contribution is 2.28. The van der Waals surface area contributed by atoms with Gasteiger partial charge in [-0.25, -0.2) is 0 Å². The van der Waals surface area contributed by atoms with E-state index in [1.54, 1.807) is 18.2 Å². The number of rotatable bonds is 3. The lowest BCUT2D eigenvalue weighted by atomic mass is 10.1. The summed E-state index contributed by atoms with van der Waals surface area (Å²) in [4.78, 5) is 0. The quantitative estimate of drug-likeness (QED) is 0.881. The van der Waals surface area contributed by atoms with Crippen LogP contribution in [0.3, 0.4) is 0 Å². The summed E-state index contributed by atoms with van der Waals surface area (Å²) in [6.07, 6.45) is 5.96. The average Bonchev–Trinajstić information content (AvgIpc) is 2.81. The normalized spacial score (nSPS) is 14.7. The van der Waals surface area contributed by atoms with Gasteiger partial charge in [0, 0.05) is 24.6 Å². The van der Waals surface area contributed by atoms with Crippen LogP contribution in [0.5, 0.6) is 11.5 Å². The molecule has 118 valence electrons. The third-order valence-electron chi connectivity index (χ3n) is 3.99. The molecular formula is C17H18N4O2. The molecule has 3 rings (SSSR count). The molecule has 0 saturated carbocycles. The van der Waals surface area contributed by atoms with E-state index in [0.717, 1.165) is 31.6 Å². The predicted octanol–water partition coefficient (Wildman–Crippen LogP) is 2.78. The zero-order chi connectivity index (χ0) is 16.2. The number of phenolic OH excluding ortho intramolecular Hbond substituents is 1. The fourth-order valence-corrected chi connectivity index (χ4v) is 2.81. The van der Waals surface area contributed by atoms with Crippen molar-refractivity contribution in [2.45, 2.75) is 32.2 Å². The molecule has 1 aromatic carbocycles. The molecule has 0 unspecified atom stereocenters. The second kappa shape index (κ2) is 6.53. The molecule has 23 heavy (non-hydrogen) atoms. The van der Waals surface area contributed by atoms with Gasteiger partial charge in [-0.1, -0.05) is 6.42 Å². The first-order valence-electron chi connectivity index (χ1n) is 7.64. The molecule has 6 nitrogen and oxygen atoms in total. The van der Waals surface area contributed by atoms with Crippen molar-refractivity contribution in [3.05, 3.63) is 35.4 Å². The molecule has 2 aromatic rings. The van der Waals surface area contributed by atoms with Gasteiger partial charge in [0.2, 0.25) is 0 Å². The lowest BCUT2D eigenvalue weighted by molar-refractivity contribution is 0.407. The van der Waals surface area contributed by atoms with Crippen LogP contribution in [0.15, 0.2) is 18.2 Å². The van der Waals surface area contributed by atoms with E-state index >= 15 is 0 Å². The van der Waals surface area contributed by atoms with E-state index in [2.05, 4.69) is 16.3 Å². The molecule has 1 aliphatic heterocycles. The minimum Gasteiger partial charge on any atom is -0.508 e. The topological polar surface area (TPSA) is 84.0 Å². The lowest BCUT2D eigenvalue weighted by Crippen LogP contribution is -2.05. The summed E-state index contributed by atoms with van der Waals surface area (Å²) in [5, 5.41) is 27.5. The molecule has 0 saturated heterocycles. The maximum absolute atomic E-state index is 9.56. The van der Waals surface area contributed by atoms with Crippen molar-refractivity contribution in [3.63, 3.8) is 0 Å². The van der Waals surface area contributed by atoms with Crippen molar-refractivity contribution in [2.75, 3.05) is 7.11 Å². The van der Waals surface area contributed by atoms with Crippen LogP contribution in [-0.2, 0) is 13.0 Å². The van der Waals surface area contributed by atoms with E-state index in [1.807, 2.05) is 4.57 Å². The summed E-state index contributed by atoms with van der Waals surface area (Å²) in [6.45, 7) is 0.837. The number of hydrogen-bond donors (Lipinski definition) is 1. The average molecular weight is 310 g/mol. The third-order valence-corrected chi connectivity index (χ3v) is 3.99. The van der Waals surface area contributed by atoms with E-state index in [9.17, 15) is 10.4 Å². The fourth-order valence-electron chi connectivity index (χ4n) is 2.81.